The Morgan fingerprint density at radius 2 is 2.00 bits per heavy atom. The summed E-state index contributed by atoms with van der Waals surface area (Å²) < 4.78 is 6.90. The maximum Gasteiger partial charge on any atom is 0.268 e. The Balaban J connectivity index is 1.90. The molecule has 1 aliphatic rings. The number of fused-ring (bicyclic) bond motifs is 3. The Kier molecular flexibility index (Phi) is 5.64. The number of hydrogen-bond acceptors (Lipinski definition) is 6. The summed E-state index contributed by atoms with van der Waals surface area (Å²) in [7, 11) is 1.62. The van der Waals surface area contributed by atoms with Gasteiger partial charge in [-0.2, -0.15) is 0 Å². The molecule has 0 fully saturated rings. The zero-order chi connectivity index (χ0) is 19.5. The number of aliphatic hydroxyl groups excluding tert-OH is 1. The van der Waals surface area contributed by atoms with E-state index in [0.29, 0.717) is 18.9 Å². The Morgan fingerprint density at radius 1 is 1.21 bits per heavy atom. The average molecular weight is 400 g/mol. The standard InChI is InChI=1S/C21H25N3O3S/c1-27-15-10-8-14(9-11-15)24-20(26)18-16-6-3-2-4-7-17(16)28-19(18)23-21(24)22-12-5-13-25/h8-11,25H,2-7,12-13H2,1H3,(H,22,23). The van der Waals surface area contributed by atoms with Crippen LogP contribution in [0.15, 0.2) is 29.1 Å². The fraction of sp³-hybridized carbons (Fsp3) is 0.429. The Labute approximate surface area is 167 Å². The van der Waals surface area contributed by atoms with Gasteiger partial charge in [0.15, 0.2) is 0 Å². The highest BCUT2D eigenvalue weighted by Gasteiger charge is 2.22. The van der Waals surface area contributed by atoms with Crippen LogP contribution in [0.2, 0.25) is 0 Å². The van der Waals surface area contributed by atoms with Crippen molar-refractivity contribution in [2.24, 2.45) is 0 Å². The van der Waals surface area contributed by atoms with Gasteiger partial charge >= 0.3 is 0 Å². The van der Waals surface area contributed by atoms with Crippen LogP contribution in [0.1, 0.15) is 36.1 Å². The third-order valence-electron chi connectivity index (χ3n) is 5.19. The molecular weight excluding hydrogens is 374 g/mol. The predicted octanol–water partition coefficient (Wildman–Crippen LogP) is 3.52. The summed E-state index contributed by atoms with van der Waals surface area (Å²) in [5.74, 6) is 1.26. The predicted molar refractivity (Wildman–Crippen MR) is 113 cm³/mol. The molecule has 0 aliphatic heterocycles. The fourth-order valence-corrected chi connectivity index (χ4v) is 5.00. The largest absolute Gasteiger partial charge is 0.497 e. The van der Waals surface area contributed by atoms with Crippen molar-refractivity contribution in [1.29, 1.82) is 0 Å². The molecule has 0 saturated carbocycles. The van der Waals surface area contributed by atoms with Crippen molar-refractivity contribution >= 4 is 27.5 Å². The number of aromatic nitrogens is 2. The number of hydrogen-bond donors (Lipinski definition) is 2. The number of thiophene rings is 1. The summed E-state index contributed by atoms with van der Waals surface area (Å²) in [4.78, 5) is 20.5. The van der Waals surface area contributed by atoms with Gasteiger partial charge in [0.05, 0.1) is 18.2 Å². The minimum atomic E-state index is -0.0268. The number of ether oxygens (including phenoxy) is 1. The van der Waals surface area contributed by atoms with Crippen LogP contribution in [0.3, 0.4) is 0 Å². The molecule has 0 spiro atoms. The molecule has 7 heteroatoms. The Bertz CT molecular complexity index is 1020. The molecule has 3 aromatic rings. The Morgan fingerprint density at radius 3 is 2.75 bits per heavy atom. The number of anilines is 1. The summed E-state index contributed by atoms with van der Waals surface area (Å²) in [6, 6.07) is 7.43. The number of nitrogens with zero attached hydrogens (tertiary/aromatic N) is 2. The van der Waals surface area contributed by atoms with Gasteiger partial charge in [-0.3, -0.25) is 4.79 Å². The molecule has 1 aromatic carbocycles. The smallest absolute Gasteiger partial charge is 0.268 e. The fourth-order valence-electron chi connectivity index (χ4n) is 3.75. The van der Waals surface area contributed by atoms with Crippen molar-refractivity contribution in [1.82, 2.24) is 9.55 Å². The van der Waals surface area contributed by atoms with Gasteiger partial charge in [0, 0.05) is 18.0 Å². The molecule has 2 heterocycles. The highest BCUT2D eigenvalue weighted by Crippen LogP contribution is 2.34. The summed E-state index contributed by atoms with van der Waals surface area (Å²) in [5.41, 5.74) is 1.92. The molecule has 0 unspecified atom stereocenters. The average Bonchev–Trinajstić information content (AvgIpc) is 2.90. The third kappa shape index (κ3) is 3.52. The molecule has 0 atom stereocenters. The van der Waals surface area contributed by atoms with E-state index < -0.39 is 0 Å². The number of methoxy groups -OCH3 is 1. The summed E-state index contributed by atoms with van der Waals surface area (Å²) in [6.07, 6.45) is 6.09. The van der Waals surface area contributed by atoms with E-state index in [9.17, 15) is 4.79 Å². The van der Waals surface area contributed by atoms with Crippen LogP contribution in [0.25, 0.3) is 15.9 Å². The van der Waals surface area contributed by atoms with Gasteiger partial charge in [-0.05, 0) is 61.9 Å². The van der Waals surface area contributed by atoms with E-state index in [2.05, 4.69) is 5.32 Å². The minimum Gasteiger partial charge on any atom is -0.497 e. The highest BCUT2D eigenvalue weighted by atomic mass is 32.1. The van der Waals surface area contributed by atoms with E-state index in [0.717, 1.165) is 40.9 Å². The van der Waals surface area contributed by atoms with E-state index >= 15 is 0 Å². The number of nitrogens with one attached hydrogen (secondary N) is 1. The lowest BCUT2D eigenvalue weighted by atomic mass is 10.1. The summed E-state index contributed by atoms with van der Waals surface area (Å²) >= 11 is 1.66. The van der Waals surface area contributed by atoms with E-state index in [1.165, 1.54) is 23.3 Å². The second-order valence-corrected chi connectivity index (χ2v) is 8.11. The molecule has 148 valence electrons. The van der Waals surface area contributed by atoms with Crippen molar-refractivity contribution in [3.8, 4) is 11.4 Å². The van der Waals surface area contributed by atoms with E-state index in [-0.39, 0.29) is 12.2 Å². The maximum absolute atomic E-state index is 13.6. The van der Waals surface area contributed by atoms with Crippen LogP contribution in [0, 0.1) is 0 Å². The number of benzene rings is 1. The first-order valence-electron chi connectivity index (χ1n) is 9.79. The topological polar surface area (TPSA) is 76.4 Å². The molecule has 0 amide bonds. The monoisotopic (exact) mass is 399 g/mol. The van der Waals surface area contributed by atoms with Gasteiger partial charge in [0.2, 0.25) is 5.95 Å². The summed E-state index contributed by atoms with van der Waals surface area (Å²) in [6.45, 7) is 0.644. The Hall–Kier alpha value is -2.38. The van der Waals surface area contributed by atoms with Crippen molar-refractivity contribution in [2.45, 2.75) is 38.5 Å². The molecule has 0 bridgehead atoms. The molecular formula is C21H25N3O3S. The molecule has 2 N–H and O–H groups in total. The lowest BCUT2D eigenvalue weighted by Gasteiger charge is -2.14. The zero-order valence-electron chi connectivity index (χ0n) is 16.0. The van der Waals surface area contributed by atoms with Crippen LogP contribution in [-0.4, -0.2) is 34.9 Å². The van der Waals surface area contributed by atoms with Crippen LogP contribution in [0.5, 0.6) is 5.75 Å². The molecule has 2 aromatic heterocycles. The summed E-state index contributed by atoms with van der Waals surface area (Å²) in [5, 5.41) is 13.1. The van der Waals surface area contributed by atoms with Gasteiger partial charge in [-0.25, -0.2) is 9.55 Å². The van der Waals surface area contributed by atoms with Crippen LogP contribution in [0.4, 0.5) is 5.95 Å². The molecule has 0 radical (unpaired) electrons. The zero-order valence-corrected chi connectivity index (χ0v) is 16.8. The van der Waals surface area contributed by atoms with Gasteiger partial charge in [-0.15, -0.1) is 11.3 Å². The number of aliphatic hydroxyl groups is 1. The van der Waals surface area contributed by atoms with Crippen molar-refractivity contribution in [3.05, 3.63) is 45.1 Å². The van der Waals surface area contributed by atoms with Crippen LogP contribution < -0.4 is 15.6 Å². The molecule has 1 aliphatic carbocycles. The normalized spacial score (nSPS) is 13.9. The third-order valence-corrected chi connectivity index (χ3v) is 6.37. The van der Waals surface area contributed by atoms with Crippen molar-refractivity contribution in [3.63, 3.8) is 0 Å². The molecule has 4 rings (SSSR count). The van der Waals surface area contributed by atoms with Gasteiger partial charge in [0.1, 0.15) is 10.6 Å². The lowest BCUT2D eigenvalue weighted by Crippen LogP contribution is -2.24. The van der Waals surface area contributed by atoms with Crippen molar-refractivity contribution in [2.75, 3.05) is 25.6 Å². The second-order valence-electron chi connectivity index (χ2n) is 7.02. The van der Waals surface area contributed by atoms with Gasteiger partial charge < -0.3 is 15.2 Å². The van der Waals surface area contributed by atoms with Gasteiger partial charge in [-0.1, -0.05) is 6.42 Å². The first-order valence-corrected chi connectivity index (χ1v) is 10.6. The molecule has 0 saturated heterocycles. The van der Waals surface area contributed by atoms with Crippen LogP contribution in [-0.2, 0) is 12.8 Å². The highest BCUT2D eigenvalue weighted by molar-refractivity contribution is 7.18. The van der Waals surface area contributed by atoms with E-state index in [1.807, 2.05) is 24.3 Å². The van der Waals surface area contributed by atoms with Crippen molar-refractivity contribution < 1.29 is 9.84 Å². The maximum atomic E-state index is 13.6. The minimum absolute atomic E-state index is 0.0268. The SMILES string of the molecule is COc1ccc(-n2c(NCCCO)nc3sc4c(c3c2=O)CCCCC4)cc1. The van der Waals surface area contributed by atoms with E-state index in [1.54, 1.807) is 23.0 Å². The quantitative estimate of drug-likeness (QED) is 0.490. The van der Waals surface area contributed by atoms with Gasteiger partial charge in [0.25, 0.3) is 5.56 Å². The first-order chi connectivity index (χ1) is 13.7. The molecule has 6 nitrogen and oxygen atoms in total. The first kappa shape index (κ1) is 19.0. The van der Waals surface area contributed by atoms with E-state index in [4.69, 9.17) is 14.8 Å². The van der Waals surface area contributed by atoms with Crippen LogP contribution >= 0.6 is 11.3 Å². The molecule has 28 heavy (non-hydrogen) atoms. The number of rotatable bonds is 6. The second kappa shape index (κ2) is 8.32. The lowest BCUT2D eigenvalue weighted by molar-refractivity contribution is 0.292. The number of aryl methyl sites for hydroxylation is 2.